The summed E-state index contributed by atoms with van der Waals surface area (Å²) in [7, 11) is 0. The molecule has 0 rings (SSSR count). The van der Waals surface area contributed by atoms with E-state index in [1.165, 1.54) is 0 Å². The van der Waals surface area contributed by atoms with E-state index >= 15 is 0 Å². The van der Waals surface area contributed by atoms with Crippen molar-refractivity contribution in [3.05, 3.63) is 0 Å². The maximum Gasteiger partial charge on any atom is 0.244 e. The van der Waals surface area contributed by atoms with Gasteiger partial charge in [-0.2, -0.15) is 0 Å². The molecule has 0 bridgehead atoms. The van der Waals surface area contributed by atoms with Crippen LogP contribution in [0.1, 0.15) is 20.8 Å². The highest BCUT2D eigenvalue weighted by Gasteiger charge is 2.40. The summed E-state index contributed by atoms with van der Waals surface area (Å²) in [5.41, 5.74) is 2.58. The zero-order valence-corrected chi connectivity index (χ0v) is 10.9. The van der Waals surface area contributed by atoms with E-state index in [1.54, 1.807) is 20.8 Å². The van der Waals surface area contributed by atoms with Gasteiger partial charge in [-0.05, 0) is 26.7 Å². The van der Waals surface area contributed by atoms with Crippen LogP contribution >= 0.6 is 11.6 Å². The molecule has 1 unspecified atom stereocenters. The molecule has 0 aromatic heterocycles. The Morgan fingerprint density at radius 2 is 2.00 bits per heavy atom. The molecule has 1 amide bonds. The van der Waals surface area contributed by atoms with Gasteiger partial charge >= 0.3 is 0 Å². The third-order valence-electron chi connectivity index (χ3n) is 1.69. The number of halogens is 1. The summed E-state index contributed by atoms with van der Waals surface area (Å²) in [6.45, 7) is 4.91. The second-order valence-corrected chi connectivity index (χ2v) is 4.68. The molecule has 0 fully saturated rings. The Morgan fingerprint density at radius 1 is 1.47 bits per heavy atom. The van der Waals surface area contributed by atoms with Crippen LogP contribution in [0, 0.1) is 12.3 Å². The first-order valence-corrected chi connectivity index (χ1v) is 5.51. The number of hydrogen-bond acceptors (Lipinski definition) is 4. The van der Waals surface area contributed by atoms with E-state index < -0.39 is 23.0 Å². The van der Waals surface area contributed by atoms with Gasteiger partial charge in [0.1, 0.15) is 0 Å². The van der Waals surface area contributed by atoms with E-state index in [2.05, 4.69) is 11.2 Å². The number of carbonyl (C=O) groups is 2. The van der Waals surface area contributed by atoms with Crippen LogP contribution in [0.4, 0.5) is 0 Å². The van der Waals surface area contributed by atoms with Crippen molar-refractivity contribution in [2.75, 3.05) is 12.4 Å². The molecule has 0 saturated heterocycles. The van der Waals surface area contributed by atoms with Crippen molar-refractivity contribution in [2.24, 2.45) is 5.73 Å². The number of nitrogens with one attached hydrogen (secondary N) is 1. The van der Waals surface area contributed by atoms with Crippen LogP contribution in [-0.4, -0.2) is 35.4 Å². The highest BCUT2D eigenvalue weighted by molar-refractivity contribution is 6.29. The second-order valence-electron chi connectivity index (χ2n) is 4.42. The van der Waals surface area contributed by atoms with Crippen LogP contribution < -0.4 is 11.1 Å². The van der Waals surface area contributed by atoms with Gasteiger partial charge in [-0.1, -0.05) is 0 Å². The molecule has 0 aliphatic heterocycles. The summed E-state index contributed by atoms with van der Waals surface area (Å²) < 4.78 is 5.49. The average molecular weight is 261 g/mol. The van der Waals surface area contributed by atoms with Crippen LogP contribution in [0.2, 0.25) is 0 Å². The van der Waals surface area contributed by atoms with E-state index in [9.17, 15) is 9.59 Å². The number of rotatable bonds is 6. The van der Waals surface area contributed by atoms with E-state index in [4.69, 9.17) is 28.5 Å². The second kappa shape index (κ2) is 6.01. The molecule has 3 N–H and O–H groups in total. The van der Waals surface area contributed by atoms with Crippen LogP contribution in [-0.2, 0) is 14.3 Å². The highest BCUT2D eigenvalue weighted by atomic mass is 35.5. The van der Waals surface area contributed by atoms with Gasteiger partial charge in [0.25, 0.3) is 0 Å². The molecule has 0 aliphatic carbocycles. The lowest BCUT2D eigenvalue weighted by Crippen LogP contribution is -2.58. The van der Waals surface area contributed by atoms with Gasteiger partial charge in [-0.15, -0.1) is 18.0 Å². The molecule has 0 aromatic rings. The van der Waals surface area contributed by atoms with Crippen molar-refractivity contribution >= 4 is 23.3 Å². The van der Waals surface area contributed by atoms with E-state index in [0.29, 0.717) is 0 Å². The standard InChI is InChI=1S/C11H17ClN2O3/c1-5-11(8(15)6-12,14-7-9(13)16)17-10(2,3)4/h1,14H,6-7H2,2-4H3,(H2,13,16). The molecule has 1 atom stereocenters. The minimum absolute atomic E-state index is 0.275. The lowest BCUT2D eigenvalue weighted by atomic mass is 10.1. The molecule has 0 aliphatic rings. The fourth-order valence-corrected chi connectivity index (χ4v) is 1.31. The lowest BCUT2D eigenvalue weighted by molar-refractivity contribution is -0.156. The number of ketones is 1. The number of alkyl halides is 1. The Morgan fingerprint density at radius 3 is 2.29 bits per heavy atom. The normalized spacial score (nSPS) is 14.8. The number of terminal acetylenes is 1. The average Bonchev–Trinajstić information content (AvgIpc) is 2.21. The number of ether oxygens (including phenoxy) is 1. The van der Waals surface area contributed by atoms with Gasteiger partial charge < -0.3 is 10.5 Å². The Labute approximate surface area is 106 Å². The minimum Gasteiger partial charge on any atom is -0.369 e. The van der Waals surface area contributed by atoms with Gasteiger partial charge in [0.15, 0.2) is 0 Å². The van der Waals surface area contributed by atoms with Crippen molar-refractivity contribution in [3.63, 3.8) is 0 Å². The molecule has 0 spiro atoms. The topological polar surface area (TPSA) is 81.4 Å². The predicted octanol–water partition coefficient (Wildman–Crippen LogP) is 0.0138. The number of Topliss-reactive ketones (excluding diaryl/α,β-unsaturated/α-hetero) is 1. The van der Waals surface area contributed by atoms with E-state index in [1.807, 2.05) is 0 Å². The van der Waals surface area contributed by atoms with Gasteiger partial charge in [0.05, 0.1) is 18.0 Å². The predicted molar refractivity (Wildman–Crippen MR) is 65.3 cm³/mol. The molecule has 6 heteroatoms. The number of carbonyl (C=O) groups excluding carboxylic acids is 2. The fourth-order valence-electron chi connectivity index (χ4n) is 1.12. The Balaban J connectivity index is 5.10. The Kier molecular flexibility index (Phi) is 5.62. The zero-order valence-electron chi connectivity index (χ0n) is 10.2. The fraction of sp³-hybridized carbons (Fsp3) is 0.636. The molecule has 96 valence electrons. The Hall–Kier alpha value is -1.09. The largest absolute Gasteiger partial charge is 0.369 e. The Bertz CT molecular complexity index is 344. The van der Waals surface area contributed by atoms with Crippen molar-refractivity contribution in [1.82, 2.24) is 5.32 Å². The summed E-state index contributed by atoms with van der Waals surface area (Å²) >= 11 is 5.48. The van der Waals surface area contributed by atoms with Crippen LogP contribution in [0.25, 0.3) is 0 Å². The minimum atomic E-state index is -1.73. The van der Waals surface area contributed by atoms with Crippen molar-refractivity contribution in [1.29, 1.82) is 0 Å². The smallest absolute Gasteiger partial charge is 0.244 e. The molecule has 5 nitrogen and oxygen atoms in total. The van der Waals surface area contributed by atoms with Crippen molar-refractivity contribution in [2.45, 2.75) is 32.1 Å². The summed E-state index contributed by atoms with van der Waals surface area (Å²) in [4.78, 5) is 22.5. The summed E-state index contributed by atoms with van der Waals surface area (Å²) in [6, 6.07) is 0. The lowest BCUT2D eigenvalue weighted by Gasteiger charge is -2.34. The number of primary amides is 1. The highest BCUT2D eigenvalue weighted by Crippen LogP contribution is 2.19. The van der Waals surface area contributed by atoms with Gasteiger partial charge in [0.2, 0.25) is 17.4 Å². The number of hydrogen-bond donors (Lipinski definition) is 2. The maximum absolute atomic E-state index is 11.7. The quantitative estimate of drug-likeness (QED) is 0.401. The number of amides is 1. The van der Waals surface area contributed by atoms with Crippen molar-refractivity contribution < 1.29 is 14.3 Å². The first-order chi connectivity index (χ1) is 7.67. The molecular formula is C11H17ClN2O3. The van der Waals surface area contributed by atoms with E-state index in [-0.39, 0.29) is 12.4 Å². The molecule has 0 saturated carbocycles. The zero-order chi connectivity index (χ0) is 13.7. The molecular weight excluding hydrogens is 244 g/mol. The van der Waals surface area contributed by atoms with Gasteiger partial charge in [-0.25, -0.2) is 0 Å². The first-order valence-electron chi connectivity index (χ1n) is 4.97. The van der Waals surface area contributed by atoms with Crippen LogP contribution in [0.5, 0.6) is 0 Å². The summed E-state index contributed by atoms with van der Waals surface area (Å²) in [5, 5.41) is 2.52. The van der Waals surface area contributed by atoms with Gasteiger partial charge in [0, 0.05) is 0 Å². The third-order valence-corrected chi connectivity index (χ3v) is 1.93. The van der Waals surface area contributed by atoms with Crippen LogP contribution in [0.3, 0.4) is 0 Å². The monoisotopic (exact) mass is 260 g/mol. The first kappa shape index (κ1) is 15.9. The third kappa shape index (κ3) is 5.18. The molecule has 0 heterocycles. The molecule has 17 heavy (non-hydrogen) atoms. The SMILES string of the molecule is C#CC(NCC(N)=O)(OC(C)(C)C)C(=O)CCl. The number of nitrogens with two attached hydrogens (primary N) is 1. The summed E-state index contributed by atoms with van der Waals surface area (Å²) in [6.07, 6.45) is 5.31. The molecule has 0 aromatic carbocycles. The maximum atomic E-state index is 11.7. The summed E-state index contributed by atoms with van der Waals surface area (Å²) in [5.74, 6) is 0.683. The van der Waals surface area contributed by atoms with E-state index in [0.717, 1.165) is 0 Å². The van der Waals surface area contributed by atoms with Crippen LogP contribution in [0.15, 0.2) is 0 Å². The molecule has 0 radical (unpaired) electrons. The van der Waals surface area contributed by atoms with Gasteiger partial charge in [-0.3, -0.25) is 14.9 Å². The van der Waals surface area contributed by atoms with Crippen molar-refractivity contribution in [3.8, 4) is 12.3 Å².